The molecule has 1 N–H and O–H groups in total. The number of thioether (sulfide) groups is 1. The number of nitrogens with one attached hydrogen (secondary N) is 1. The Morgan fingerprint density at radius 1 is 1.26 bits per heavy atom. The van der Waals surface area contributed by atoms with Gasteiger partial charge in [-0.1, -0.05) is 12.8 Å². The minimum absolute atomic E-state index is 0.00542. The van der Waals surface area contributed by atoms with Crippen molar-refractivity contribution in [2.45, 2.75) is 50.6 Å². The summed E-state index contributed by atoms with van der Waals surface area (Å²) in [6.07, 6.45) is 5.52. The summed E-state index contributed by atoms with van der Waals surface area (Å²) in [5, 5.41) is 14.0. The van der Waals surface area contributed by atoms with Crippen molar-refractivity contribution in [2.75, 3.05) is 31.1 Å². The predicted octanol–water partition coefficient (Wildman–Crippen LogP) is 2.76. The Bertz CT molecular complexity index is 1000. The molecule has 0 bridgehead atoms. The van der Waals surface area contributed by atoms with Crippen LogP contribution in [-0.4, -0.2) is 57.0 Å². The highest BCUT2D eigenvalue weighted by atomic mass is 32.2. The minimum atomic E-state index is -0.566. The minimum Gasteiger partial charge on any atom is -0.407 e. The van der Waals surface area contributed by atoms with E-state index in [2.05, 4.69) is 10.2 Å². The number of hydrogen-bond donors (Lipinski definition) is 1. The van der Waals surface area contributed by atoms with Crippen LogP contribution in [0.1, 0.15) is 38.5 Å². The number of nitrogens with zero attached hydrogens (tertiary/aromatic N) is 3. The van der Waals surface area contributed by atoms with E-state index >= 15 is 0 Å². The highest BCUT2D eigenvalue weighted by Crippen LogP contribution is 2.36. The van der Waals surface area contributed by atoms with Crippen molar-refractivity contribution in [2.24, 2.45) is 0 Å². The fraction of sp³-hybridized carbons (Fsp3) is 0.619. The van der Waals surface area contributed by atoms with Crippen LogP contribution in [0.4, 0.5) is 5.69 Å². The molecule has 1 aromatic heterocycles. The lowest BCUT2D eigenvalue weighted by molar-refractivity contribution is -0.384. The van der Waals surface area contributed by atoms with Gasteiger partial charge >= 0.3 is 5.76 Å². The molecule has 2 aliphatic rings. The van der Waals surface area contributed by atoms with Crippen LogP contribution < -0.4 is 11.1 Å². The molecule has 2 aromatic rings. The number of non-ortho nitro benzene ring substituents is 1. The van der Waals surface area contributed by atoms with E-state index in [4.69, 9.17) is 4.42 Å². The highest BCUT2D eigenvalue weighted by molar-refractivity contribution is 7.99. The normalized spacial score (nSPS) is 19.0. The summed E-state index contributed by atoms with van der Waals surface area (Å²) < 4.78 is 6.56. The summed E-state index contributed by atoms with van der Waals surface area (Å²) in [5.74, 6) is 1.75. The molecule has 1 saturated heterocycles. The summed E-state index contributed by atoms with van der Waals surface area (Å²) >= 11 is 2.00. The van der Waals surface area contributed by atoms with E-state index < -0.39 is 10.7 Å². The van der Waals surface area contributed by atoms with Gasteiger partial charge in [-0.25, -0.2) is 4.79 Å². The molecule has 0 unspecified atom stereocenters. The van der Waals surface area contributed by atoms with Gasteiger partial charge in [-0.3, -0.25) is 24.4 Å². The lowest BCUT2D eigenvalue weighted by atomic mass is 9.94. The summed E-state index contributed by atoms with van der Waals surface area (Å²) in [7, 11) is 0. The molecule has 1 aliphatic heterocycles. The number of carbonyl (C=O) groups excluding carboxylic acids is 1. The van der Waals surface area contributed by atoms with Gasteiger partial charge in [-0.15, -0.1) is 0 Å². The highest BCUT2D eigenvalue weighted by Gasteiger charge is 2.40. The average molecular weight is 449 g/mol. The van der Waals surface area contributed by atoms with Crippen LogP contribution in [0.5, 0.6) is 0 Å². The Balaban J connectivity index is 1.31. The van der Waals surface area contributed by atoms with Gasteiger partial charge in [0.05, 0.1) is 16.5 Å². The number of fused-ring (bicyclic) bond motifs is 1. The molecule has 1 amide bonds. The zero-order valence-electron chi connectivity index (χ0n) is 17.5. The van der Waals surface area contributed by atoms with E-state index in [1.54, 1.807) is 0 Å². The number of oxazole rings is 1. The molecule has 2 heterocycles. The Morgan fingerprint density at radius 2 is 2.00 bits per heavy atom. The number of nitro benzene ring substituents is 1. The van der Waals surface area contributed by atoms with Crippen LogP contribution in [-0.2, 0) is 11.3 Å². The maximum absolute atomic E-state index is 12.5. The van der Waals surface area contributed by atoms with Crippen molar-refractivity contribution in [1.82, 2.24) is 14.8 Å². The molecule has 9 nitrogen and oxygen atoms in total. The predicted molar refractivity (Wildman–Crippen MR) is 119 cm³/mol. The molecule has 10 heteroatoms. The van der Waals surface area contributed by atoms with E-state index in [0.29, 0.717) is 31.4 Å². The Labute approximate surface area is 184 Å². The SMILES string of the molecule is O=C(CCCn1c(=O)oc2cc([N+](=O)[O-])ccc21)NCC1(N2CCSCC2)CCCC1. The molecule has 168 valence electrons. The first-order valence-corrected chi connectivity index (χ1v) is 12.0. The van der Waals surface area contributed by atoms with Gasteiger partial charge < -0.3 is 9.73 Å². The second kappa shape index (κ2) is 9.44. The third-order valence-electron chi connectivity index (χ3n) is 6.48. The van der Waals surface area contributed by atoms with Crippen molar-refractivity contribution >= 4 is 34.5 Å². The van der Waals surface area contributed by atoms with Crippen molar-refractivity contribution < 1.29 is 14.1 Å². The Morgan fingerprint density at radius 3 is 2.71 bits per heavy atom. The van der Waals surface area contributed by atoms with Crippen molar-refractivity contribution in [3.05, 3.63) is 38.9 Å². The number of carbonyl (C=O) groups is 1. The van der Waals surface area contributed by atoms with Gasteiger partial charge in [-0.05, 0) is 25.3 Å². The zero-order chi connectivity index (χ0) is 21.8. The van der Waals surface area contributed by atoms with Crippen molar-refractivity contribution in [3.63, 3.8) is 0 Å². The van der Waals surface area contributed by atoms with E-state index in [1.807, 2.05) is 11.8 Å². The van der Waals surface area contributed by atoms with E-state index in [-0.39, 0.29) is 22.7 Å². The third-order valence-corrected chi connectivity index (χ3v) is 7.42. The van der Waals surface area contributed by atoms with E-state index in [1.165, 1.54) is 35.6 Å². The maximum atomic E-state index is 12.5. The number of benzene rings is 1. The van der Waals surface area contributed by atoms with Crippen LogP contribution in [0, 0.1) is 10.1 Å². The Hall–Kier alpha value is -2.33. The van der Waals surface area contributed by atoms with Gasteiger partial charge in [0, 0.05) is 55.7 Å². The van der Waals surface area contributed by atoms with Crippen LogP contribution in [0.25, 0.3) is 11.1 Å². The number of nitro groups is 1. The number of aryl methyl sites for hydroxylation is 1. The van der Waals surface area contributed by atoms with Gasteiger partial charge in [0.1, 0.15) is 0 Å². The molecule has 1 aromatic carbocycles. The summed E-state index contributed by atoms with van der Waals surface area (Å²) in [6, 6.07) is 4.11. The molecule has 0 spiro atoms. The van der Waals surface area contributed by atoms with Crippen LogP contribution in [0.3, 0.4) is 0 Å². The summed E-state index contributed by atoms with van der Waals surface area (Å²) in [5.41, 5.74) is 0.666. The molecule has 1 saturated carbocycles. The molecule has 0 radical (unpaired) electrons. The van der Waals surface area contributed by atoms with E-state index in [0.717, 1.165) is 37.4 Å². The molecule has 31 heavy (non-hydrogen) atoms. The first-order chi connectivity index (χ1) is 15.0. The molecular formula is C21H28N4O5S. The second-order valence-corrected chi connectivity index (χ2v) is 9.56. The number of aromatic nitrogens is 1. The average Bonchev–Trinajstić information content (AvgIpc) is 3.38. The fourth-order valence-electron chi connectivity index (χ4n) is 4.81. The van der Waals surface area contributed by atoms with Gasteiger partial charge in [0.25, 0.3) is 5.69 Å². The second-order valence-electron chi connectivity index (χ2n) is 8.34. The van der Waals surface area contributed by atoms with Gasteiger partial charge in [0.15, 0.2) is 5.58 Å². The largest absolute Gasteiger partial charge is 0.419 e. The number of hydrogen-bond acceptors (Lipinski definition) is 7. The molecule has 1 aliphatic carbocycles. The monoisotopic (exact) mass is 448 g/mol. The number of amides is 1. The Kier molecular flexibility index (Phi) is 6.66. The van der Waals surface area contributed by atoms with Crippen LogP contribution in [0.2, 0.25) is 0 Å². The maximum Gasteiger partial charge on any atom is 0.419 e. The molecular weight excluding hydrogens is 420 g/mol. The van der Waals surface area contributed by atoms with Gasteiger partial charge in [-0.2, -0.15) is 11.8 Å². The van der Waals surface area contributed by atoms with Gasteiger partial charge in [0.2, 0.25) is 5.91 Å². The summed E-state index contributed by atoms with van der Waals surface area (Å²) in [6.45, 7) is 3.20. The summed E-state index contributed by atoms with van der Waals surface area (Å²) in [4.78, 5) is 37.6. The lowest BCUT2D eigenvalue weighted by Gasteiger charge is -2.43. The van der Waals surface area contributed by atoms with Crippen molar-refractivity contribution in [1.29, 1.82) is 0 Å². The molecule has 2 fully saturated rings. The topological polar surface area (TPSA) is 111 Å². The first kappa shape index (κ1) is 21.9. The van der Waals surface area contributed by atoms with E-state index in [9.17, 15) is 19.7 Å². The quantitative estimate of drug-likeness (QED) is 0.488. The first-order valence-electron chi connectivity index (χ1n) is 10.9. The van der Waals surface area contributed by atoms with Crippen LogP contribution in [0.15, 0.2) is 27.4 Å². The molecule has 4 rings (SSSR count). The lowest BCUT2D eigenvalue weighted by Crippen LogP contribution is -2.56. The van der Waals surface area contributed by atoms with Crippen LogP contribution >= 0.6 is 11.8 Å². The molecule has 0 atom stereocenters. The van der Waals surface area contributed by atoms with Crippen molar-refractivity contribution in [3.8, 4) is 0 Å². The zero-order valence-corrected chi connectivity index (χ0v) is 18.3. The number of rotatable bonds is 8. The fourth-order valence-corrected chi connectivity index (χ4v) is 5.71. The smallest absolute Gasteiger partial charge is 0.407 e. The third kappa shape index (κ3) is 4.79. The standard InChI is InChI=1S/C21H28N4O5S/c26-19(22-15-21(7-1-2-8-21)23-10-12-31-13-11-23)4-3-9-24-17-6-5-16(25(28)29)14-18(17)30-20(24)27/h5-6,14H,1-4,7-13,15H2,(H,22,26).